The molecule has 2 saturated carbocycles. The number of ether oxygens (including phenoxy) is 3. The molecule has 3 heterocycles. The maximum atomic E-state index is 16.7. The molecule has 1 amide bonds. The predicted octanol–water partition coefficient (Wildman–Crippen LogP) is 5.86. The Morgan fingerprint density at radius 1 is 1.11 bits per heavy atom. The van der Waals surface area contributed by atoms with Gasteiger partial charge in [0.05, 0.1) is 43.1 Å². The van der Waals surface area contributed by atoms with Gasteiger partial charge in [0.15, 0.2) is 5.69 Å². The van der Waals surface area contributed by atoms with E-state index in [-0.39, 0.29) is 30.7 Å². The van der Waals surface area contributed by atoms with E-state index < -0.39 is 58.0 Å². The molecular weight excluding hydrogens is 584 g/mol. The molecule has 6 rings (SSSR count). The molecule has 9 nitrogen and oxygen atoms in total. The number of alkyl halides is 2. The quantitative estimate of drug-likeness (QED) is 0.301. The number of nitrogens with zero attached hydrogens (tertiary/aromatic N) is 3. The summed E-state index contributed by atoms with van der Waals surface area (Å²) in [5, 5.41) is 0. The normalized spacial score (nSPS) is 32.9. The van der Waals surface area contributed by atoms with Gasteiger partial charge in [0.25, 0.3) is 0 Å². The van der Waals surface area contributed by atoms with Crippen molar-refractivity contribution in [1.82, 2.24) is 14.9 Å². The van der Waals surface area contributed by atoms with Gasteiger partial charge in [-0.15, -0.1) is 0 Å². The van der Waals surface area contributed by atoms with Crippen LogP contribution in [0.4, 0.5) is 8.78 Å². The first kappa shape index (κ1) is 31.6. The minimum absolute atomic E-state index is 0.0290. The lowest BCUT2D eigenvalue weighted by Crippen LogP contribution is -2.46. The second-order valence-electron chi connectivity index (χ2n) is 14.9. The molecule has 3 fully saturated rings. The van der Waals surface area contributed by atoms with Gasteiger partial charge in [-0.3, -0.25) is 9.59 Å². The number of fused-ring (bicyclic) bond motifs is 5. The zero-order chi connectivity index (χ0) is 32.5. The summed E-state index contributed by atoms with van der Waals surface area (Å²) in [6.45, 7) is 9.23. The minimum atomic E-state index is -3.34. The van der Waals surface area contributed by atoms with Crippen LogP contribution in [0.15, 0.2) is 18.2 Å². The summed E-state index contributed by atoms with van der Waals surface area (Å²) in [4.78, 5) is 50.2. The number of rotatable bonds is 2. The highest BCUT2D eigenvalue weighted by atomic mass is 19.3. The number of aromatic nitrogens is 2. The summed E-state index contributed by atoms with van der Waals surface area (Å²) in [7, 11) is 1.50. The first-order valence-electron chi connectivity index (χ1n) is 16.0. The van der Waals surface area contributed by atoms with Crippen molar-refractivity contribution in [3.05, 3.63) is 23.9 Å². The second kappa shape index (κ2) is 10.9. The van der Waals surface area contributed by atoms with Gasteiger partial charge in [-0.05, 0) is 56.6 Å². The van der Waals surface area contributed by atoms with Crippen LogP contribution in [0.2, 0.25) is 0 Å². The maximum Gasteiger partial charge on any atom is 0.307 e. The van der Waals surface area contributed by atoms with Crippen molar-refractivity contribution in [2.24, 2.45) is 28.6 Å². The molecule has 4 aliphatic rings. The Morgan fingerprint density at radius 2 is 1.84 bits per heavy atom. The lowest BCUT2D eigenvalue weighted by Gasteiger charge is -2.34. The molecule has 1 aromatic heterocycles. The lowest BCUT2D eigenvalue weighted by molar-refractivity contribution is -0.158. The zero-order valence-electron chi connectivity index (χ0n) is 26.9. The van der Waals surface area contributed by atoms with Gasteiger partial charge in [-0.1, -0.05) is 34.1 Å². The summed E-state index contributed by atoms with van der Waals surface area (Å²) in [6.07, 6.45) is 2.62. The smallest absolute Gasteiger partial charge is 0.307 e. The number of carbonyl (C=O) groups excluding carboxylic acids is 3. The summed E-state index contributed by atoms with van der Waals surface area (Å²) < 4.78 is 51.0. The number of halogens is 2. The van der Waals surface area contributed by atoms with Crippen molar-refractivity contribution in [3.8, 4) is 11.6 Å². The molecule has 2 aliphatic carbocycles. The number of amides is 1. The maximum absolute atomic E-state index is 16.7. The fourth-order valence-electron chi connectivity index (χ4n) is 7.34. The molecule has 6 atom stereocenters. The fourth-order valence-corrected chi connectivity index (χ4v) is 7.34. The Bertz CT molecular complexity index is 1520. The molecule has 0 radical (unpaired) electrons. The molecule has 1 aromatic carbocycles. The van der Waals surface area contributed by atoms with E-state index in [0.29, 0.717) is 61.6 Å². The van der Waals surface area contributed by atoms with Crippen LogP contribution >= 0.6 is 0 Å². The number of benzene rings is 1. The average molecular weight is 628 g/mol. The topological polar surface area (TPSA) is 108 Å². The van der Waals surface area contributed by atoms with E-state index in [2.05, 4.69) is 9.97 Å². The standard InChI is InChI=1S/C34H43F2N3O6/c1-19-25(18-40)39-17-26(19)44-29-28(37-23-10-9-21(43-6)14-24(23)38-29)34(35,36)33(12-13-33)11-7-8-20-16-32(20,5)45-27(41)15-22(30(39)42)31(2,3)4/h9-10,14,18-20,22,25-26H,7-8,11-13,15-17H2,1-6H3/t19-,20+,22+,25+,26-,32+/m0/s1. The average Bonchev–Trinajstić information content (AvgIpc) is 3.87. The van der Waals surface area contributed by atoms with Gasteiger partial charge in [0.1, 0.15) is 23.7 Å². The van der Waals surface area contributed by atoms with Crippen LogP contribution in [0.5, 0.6) is 11.6 Å². The second-order valence-corrected chi connectivity index (χ2v) is 14.9. The summed E-state index contributed by atoms with van der Waals surface area (Å²) in [5.74, 6) is -5.21. The van der Waals surface area contributed by atoms with Crippen molar-refractivity contribution in [2.45, 2.75) is 103 Å². The van der Waals surface area contributed by atoms with Gasteiger partial charge < -0.3 is 23.9 Å². The van der Waals surface area contributed by atoms with E-state index in [1.54, 1.807) is 25.1 Å². The van der Waals surface area contributed by atoms with Crippen LogP contribution in [0.25, 0.3) is 11.0 Å². The van der Waals surface area contributed by atoms with E-state index in [0.717, 1.165) is 0 Å². The van der Waals surface area contributed by atoms with Gasteiger partial charge in [0.2, 0.25) is 11.8 Å². The molecule has 0 unspecified atom stereocenters. The van der Waals surface area contributed by atoms with Crippen LogP contribution in [0.3, 0.4) is 0 Å². The minimum Gasteiger partial charge on any atom is -0.497 e. The van der Waals surface area contributed by atoms with Crippen molar-refractivity contribution < 1.29 is 37.4 Å². The van der Waals surface area contributed by atoms with E-state index >= 15 is 8.78 Å². The number of methoxy groups -OCH3 is 1. The van der Waals surface area contributed by atoms with Crippen LogP contribution in [-0.2, 0) is 25.0 Å². The van der Waals surface area contributed by atoms with Gasteiger partial charge in [0, 0.05) is 23.3 Å². The molecule has 11 heteroatoms. The Balaban J connectivity index is 1.44. The number of aldehydes is 1. The Hall–Kier alpha value is -3.37. The van der Waals surface area contributed by atoms with Crippen molar-refractivity contribution in [2.75, 3.05) is 13.7 Å². The zero-order valence-corrected chi connectivity index (χ0v) is 26.9. The molecule has 2 bridgehead atoms. The van der Waals surface area contributed by atoms with Gasteiger partial charge >= 0.3 is 11.9 Å². The molecule has 244 valence electrons. The van der Waals surface area contributed by atoms with Crippen molar-refractivity contribution >= 4 is 29.2 Å². The monoisotopic (exact) mass is 627 g/mol. The SMILES string of the molecule is COc1ccc2nc3c(nc2c1)O[C@H]1CN(C(=O)[C@H](C(C)(C)C)CC(=O)O[C@]2(C)C[C@H]2CCCC2(CC2)C3(F)F)[C@H](C=O)[C@@H]1C. The molecule has 2 aliphatic heterocycles. The molecule has 1 spiro atoms. The van der Waals surface area contributed by atoms with E-state index in [1.807, 2.05) is 27.7 Å². The van der Waals surface area contributed by atoms with Crippen LogP contribution < -0.4 is 9.47 Å². The van der Waals surface area contributed by atoms with Gasteiger partial charge in [-0.2, -0.15) is 8.78 Å². The Kier molecular flexibility index (Phi) is 7.63. The number of carbonyl (C=O) groups is 3. The van der Waals surface area contributed by atoms with E-state index in [4.69, 9.17) is 14.2 Å². The van der Waals surface area contributed by atoms with Crippen molar-refractivity contribution in [1.29, 1.82) is 0 Å². The fraction of sp³-hybridized carbons (Fsp3) is 0.676. The molecular formula is C34H43F2N3O6. The van der Waals surface area contributed by atoms with E-state index in [9.17, 15) is 14.4 Å². The first-order valence-corrected chi connectivity index (χ1v) is 16.0. The van der Waals surface area contributed by atoms with Crippen molar-refractivity contribution in [3.63, 3.8) is 0 Å². The number of hydrogen-bond acceptors (Lipinski definition) is 8. The summed E-state index contributed by atoms with van der Waals surface area (Å²) in [5.41, 5.74) is -2.45. The highest BCUT2D eigenvalue weighted by Crippen LogP contribution is 2.65. The third kappa shape index (κ3) is 5.54. The third-order valence-electron chi connectivity index (χ3n) is 10.8. The number of esters is 1. The summed E-state index contributed by atoms with van der Waals surface area (Å²) in [6, 6.07) is 4.00. The van der Waals surface area contributed by atoms with Gasteiger partial charge in [-0.25, -0.2) is 9.97 Å². The van der Waals surface area contributed by atoms with Crippen LogP contribution in [-0.4, -0.2) is 64.4 Å². The van der Waals surface area contributed by atoms with E-state index in [1.165, 1.54) is 12.0 Å². The highest BCUT2D eigenvalue weighted by Gasteiger charge is 2.65. The predicted molar refractivity (Wildman–Crippen MR) is 161 cm³/mol. The van der Waals surface area contributed by atoms with Crippen LogP contribution in [0.1, 0.15) is 85.3 Å². The first-order chi connectivity index (χ1) is 21.1. The lowest BCUT2D eigenvalue weighted by atomic mass is 9.77. The molecule has 0 N–H and O–H groups in total. The summed E-state index contributed by atoms with van der Waals surface area (Å²) >= 11 is 0. The Morgan fingerprint density at radius 3 is 2.49 bits per heavy atom. The highest BCUT2D eigenvalue weighted by molar-refractivity contribution is 5.87. The molecule has 45 heavy (non-hydrogen) atoms. The van der Waals surface area contributed by atoms with Crippen LogP contribution in [0, 0.1) is 28.6 Å². The largest absolute Gasteiger partial charge is 0.497 e. The molecule has 2 aromatic rings. The molecule has 1 saturated heterocycles. The third-order valence-corrected chi connectivity index (χ3v) is 10.8. The Labute approximate surface area is 262 Å². The number of hydrogen-bond donors (Lipinski definition) is 0.